The van der Waals surface area contributed by atoms with Crippen LogP contribution < -0.4 is 10.1 Å². The molecule has 0 aliphatic carbocycles. The number of hydrogen-bond acceptors (Lipinski definition) is 6. The van der Waals surface area contributed by atoms with E-state index < -0.39 is 0 Å². The van der Waals surface area contributed by atoms with Gasteiger partial charge in [0.2, 0.25) is 0 Å². The highest BCUT2D eigenvalue weighted by molar-refractivity contribution is 7.98. The van der Waals surface area contributed by atoms with Crippen LogP contribution in [-0.2, 0) is 6.42 Å². The van der Waals surface area contributed by atoms with Gasteiger partial charge in [0.05, 0.1) is 24.0 Å². The molecule has 0 radical (unpaired) electrons. The van der Waals surface area contributed by atoms with Gasteiger partial charge in [0, 0.05) is 36.1 Å². The summed E-state index contributed by atoms with van der Waals surface area (Å²) >= 11 is 1.42. The summed E-state index contributed by atoms with van der Waals surface area (Å²) in [4.78, 5) is 25.0. The molecule has 4 rings (SSSR count). The number of halogens is 1. The quantitative estimate of drug-likeness (QED) is 0.668. The van der Waals surface area contributed by atoms with Gasteiger partial charge in [-0.05, 0) is 30.5 Å². The Hall–Kier alpha value is -3.00. The summed E-state index contributed by atoms with van der Waals surface area (Å²) in [6.07, 6.45) is 8.43. The SMILES string of the molecule is CSc1ncccc1C(=O)NC[C@H]1Cc2cc(F)cc(-c3cnccn3)c2O1. The van der Waals surface area contributed by atoms with Gasteiger partial charge in [0.25, 0.3) is 5.91 Å². The molecule has 1 atom stereocenters. The molecule has 0 fully saturated rings. The van der Waals surface area contributed by atoms with Gasteiger partial charge in [0.1, 0.15) is 22.7 Å². The Kier molecular flexibility index (Phi) is 5.21. The van der Waals surface area contributed by atoms with Gasteiger partial charge >= 0.3 is 0 Å². The van der Waals surface area contributed by atoms with Crippen molar-refractivity contribution in [2.45, 2.75) is 17.6 Å². The monoisotopic (exact) mass is 396 g/mol. The molecule has 3 aromatic rings. The van der Waals surface area contributed by atoms with Crippen LogP contribution >= 0.6 is 11.8 Å². The maximum atomic E-state index is 14.1. The van der Waals surface area contributed by atoms with Crippen molar-refractivity contribution in [3.05, 3.63) is 66.0 Å². The normalized spacial score (nSPS) is 15.0. The van der Waals surface area contributed by atoms with Crippen molar-refractivity contribution >= 4 is 17.7 Å². The first kappa shape index (κ1) is 18.4. The zero-order valence-corrected chi connectivity index (χ0v) is 15.9. The third-order valence-electron chi connectivity index (χ3n) is 4.40. The number of aromatic nitrogens is 3. The third kappa shape index (κ3) is 3.68. The number of pyridine rings is 1. The Bertz CT molecular complexity index is 1020. The van der Waals surface area contributed by atoms with Crippen molar-refractivity contribution in [3.63, 3.8) is 0 Å². The second-order valence-electron chi connectivity index (χ2n) is 6.25. The second-order valence-corrected chi connectivity index (χ2v) is 7.04. The summed E-state index contributed by atoms with van der Waals surface area (Å²) in [6, 6.07) is 6.32. The van der Waals surface area contributed by atoms with Gasteiger partial charge in [-0.15, -0.1) is 11.8 Å². The lowest BCUT2D eigenvalue weighted by atomic mass is 10.0. The molecule has 0 saturated heterocycles. The second kappa shape index (κ2) is 7.93. The average molecular weight is 396 g/mol. The first-order chi connectivity index (χ1) is 13.7. The van der Waals surface area contributed by atoms with E-state index in [0.717, 1.165) is 5.56 Å². The fourth-order valence-electron chi connectivity index (χ4n) is 3.16. The molecule has 0 spiro atoms. The molecule has 28 heavy (non-hydrogen) atoms. The molecule has 0 unspecified atom stereocenters. The van der Waals surface area contributed by atoms with Crippen LogP contribution in [0.2, 0.25) is 0 Å². The van der Waals surface area contributed by atoms with Crippen molar-refractivity contribution in [1.29, 1.82) is 0 Å². The number of amides is 1. The standard InChI is InChI=1S/C20H17FN4O2S/c1-28-20-15(3-2-4-24-20)19(26)25-10-14-8-12-7-13(21)9-16(18(12)27-14)17-11-22-5-6-23-17/h2-7,9,11,14H,8,10H2,1H3,(H,25,26)/t14-/m1/s1. The molecular weight excluding hydrogens is 379 g/mol. The first-order valence-electron chi connectivity index (χ1n) is 8.68. The molecule has 8 heteroatoms. The molecule has 0 saturated carbocycles. The molecule has 142 valence electrons. The molecule has 1 aliphatic heterocycles. The van der Waals surface area contributed by atoms with Gasteiger partial charge in [-0.25, -0.2) is 9.37 Å². The third-order valence-corrected chi connectivity index (χ3v) is 5.11. The lowest BCUT2D eigenvalue weighted by Gasteiger charge is -2.14. The highest BCUT2D eigenvalue weighted by Gasteiger charge is 2.28. The van der Waals surface area contributed by atoms with E-state index in [2.05, 4.69) is 20.3 Å². The smallest absolute Gasteiger partial charge is 0.254 e. The molecule has 1 aromatic carbocycles. The Morgan fingerprint density at radius 1 is 1.32 bits per heavy atom. The Morgan fingerprint density at radius 3 is 3.00 bits per heavy atom. The number of nitrogens with zero attached hydrogens (tertiary/aromatic N) is 3. The van der Waals surface area contributed by atoms with Crippen molar-refractivity contribution < 1.29 is 13.9 Å². The number of thioether (sulfide) groups is 1. The predicted octanol–water partition coefficient (Wildman–Crippen LogP) is 3.13. The lowest BCUT2D eigenvalue weighted by Crippen LogP contribution is -2.34. The molecular formula is C20H17FN4O2S. The van der Waals surface area contributed by atoms with Crippen molar-refractivity contribution in [1.82, 2.24) is 20.3 Å². The van der Waals surface area contributed by atoms with E-state index in [0.29, 0.717) is 40.6 Å². The Morgan fingerprint density at radius 2 is 2.21 bits per heavy atom. The van der Waals surface area contributed by atoms with E-state index in [4.69, 9.17) is 4.74 Å². The van der Waals surface area contributed by atoms with Crippen LogP contribution in [0.1, 0.15) is 15.9 Å². The van der Waals surface area contributed by atoms with Crippen LogP contribution in [0, 0.1) is 5.82 Å². The van der Waals surface area contributed by atoms with E-state index in [1.165, 1.54) is 23.9 Å². The zero-order chi connectivity index (χ0) is 19.5. The van der Waals surface area contributed by atoms with E-state index in [1.54, 1.807) is 36.9 Å². The van der Waals surface area contributed by atoms with E-state index in [9.17, 15) is 9.18 Å². The molecule has 1 N–H and O–H groups in total. The largest absolute Gasteiger partial charge is 0.487 e. The van der Waals surface area contributed by atoms with E-state index in [1.807, 2.05) is 6.26 Å². The number of ether oxygens (including phenoxy) is 1. The molecule has 1 amide bonds. The Labute approximate surface area is 165 Å². The highest BCUT2D eigenvalue weighted by Crippen LogP contribution is 2.38. The number of fused-ring (bicyclic) bond motifs is 1. The van der Waals surface area contributed by atoms with Crippen LogP contribution in [0.3, 0.4) is 0 Å². The minimum Gasteiger partial charge on any atom is -0.487 e. The van der Waals surface area contributed by atoms with Crippen LogP contribution in [0.25, 0.3) is 11.3 Å². The molecule has 3 heterocycles. The summed E-state index contributed by atoms with van der Waals surface area (Å²) in [5.41, 5.74) is 2.39. The molecule has 1 aliphatic rings. The number of nitrogens with one attached hydrogen (secondary N) is 1. The van der Waals surface area contributed by atoms with Crippen molar-refractivity contribution in [3.8, 4) is 17.0 Å². The summed E-state index contributed by atoms with van der Waals surface area (Å²) < 4.78 is 20.1. The number of benzene rings is 1. The number of carbonyl (C=O) groups excluding carboxylic acids is 1. The van der Waals surface area contributed by atoms with Gasteiger partial charge in [-0.2, -0.15) is 0 Å². The Balaban J connectivity index is 1.49. The van der Waals surface area contributed by atoms with E-state index >= 15 is 0 Å². The number of rotatable bonds is 5. The predicted molar refractivity (Wildman–Crippen MR) is 104 cm³/mol. The summed E-state index contributed by atoms with van der Waals surface area (Å²) in [7, 11) is 0. The highest BCUT2D eigenvalue weighted by atomic mass is 32.2. The topological polar surface area (TPSA) is 77.0 Å². The first-order valence-corrected chi connectivity index (χ1v) is 9.91. The average Bonchev–Trinajstić information content (AvgIpc) is 3.14. The minimum atomic E-state index is -0.354. The maximum Gasteiger partial charge on any atom is 0.254 e. The molecule has 0 bridgehead atoms. The van der Waals surface area contributed by atoms with Gasteiger partial charge in [0.15, 0.2) is 0 Å². The van der Waals surface area contributed by atoms with Crippen LogP contribution in [-0.4, -0.2) is 39.8 Å². The zero-order valence-electron chi connectivity index (χ0n) is 15.1. The molecule has 2 aromatic heterocycles. The maximum absolute atomic E-state index is 14.1. The summed E-state index contributed by atoms with van der Waals surface area (Å²) in [5.74, 6) is 0.0253. The van der Waals surface area contributed by atoms with Crippen molar-refractivity contribution in [2.75, 3.05) is 12.8 Å². The fourth-order valence-corrected chi connectivity index (χ4v) is 3.71. The minimum absolute atomic E-state index is 0.211. The summed E-state index contributed by atoms with van der Waals surface area (Å²) in [6.45, 7) is 0.303. The van der Waals surface area contributed by atoms with Crippen LogP contribution in [0.5, 0.6) is 5.75 Å². The lowest BCUT2D eigenvalue weighted by molar-refractivity contribution is 0.0930. The summed E-state index contributed by atoms with van der Waals surface area (Å²) in [5, 5.41) is 3.55. The number of carbonyl (C=O) groups is 1. The number of hydrogen-bond donors (Lipinski definition) is 1. The fraction of sp³-hybridized carbons (Fsp3) is 0.200. The van der Waals surface area contributed by atoms with Crippen molar-refractivity contribution in [2.24, 2.45) is 0 Å². The van der Waals surface area contributed by atoms with Gasteiger partial charge < -0.3 is 10.1 Å². The molecule has 6 nitrogen and oxygen atoms in total. The van der Waals surface area contributed by atoms with E-state index in [-0.39, 0.29) is 17.8 Å². The van der Waals surface area contributed by atoms with Gasteiger partial charge in [-0.1, -0.05) is 0 Å². The van der Waals surface area contributed by atoms with Crippen LogP contribution in [0.15, 0.2) is 54.1 Å². The van der Waals surface area contributed by atoms with Gasteiger partial charge in [-0.3, -0.25) is 14.8 Å². The van der Waals surface area contributed by atoms with Crippen LogP contribution in [0.4, 0.5) is 4.39 Å².